The smallest absolute Gasteiger partial charge is 0.191 e. The number of nitrogens with one attached hydrogen (secondary N) is 2. The van der Waals surface area contributed by atoms with Gasteiger partial charge in [0.2, 0.25) is 0 Å². The molecule has 0 radical (unpaired) electrons. The summed E-state index contributed by atoms with van der Waals surface area (Å²) in [6, 6.07) is 4.80. The Hall–Kier alpha value is -0.750. The minimum Gasteiger partial charge on any atom is -0.379 e. The maximum absolute atomic E-state index is 5.54. The second-order valence-corrected chi connectivity index (χ2v) is 9.60. The molecular weight excluding hydrogens is 517 g/mol. The lowest BCUT2D eigenvalue weighted by Crippen LogP contribution is -2.46. The molecule has 3 heterocycles. The number of hydrogen-bond acceptors (Lipinski definition) is 6. The molecule has 1 fully saturated rings. The quantitative estimate of drug-likeness (QED) is 0.315. The van der Waals surface area contributed by atoms with Crippen LogP contribution in [-0.2, 0) is 11.2 Å². The highest BCUT2D eigenvalue weighted by molar-refractivity contribution is 14.0. The largest absolute Gasteiger partial charge is 0.379 e. The molecule has 162 valence electrons. The summed E-state index contributed by atoms with van der Waals surface area (Å²) in [7, 11) is 1.83. The number of nitrogens with zero attached hydrogens (tertiary/aromatic N) is 3. The monoisotopic (exact) mass is 549 g/mol. The van der Waals surface area contributed by atoms with Crippen LogP contribution in [0.2, 0.25) is 0 Å². The Morgan fingerprint density at radius 1 is 1.21 bits per heavy atom. The first-order valence-electron chi connectivity index (χ1n) is 9.82. The molecule has 0 aromatic carbocycles. The number of aryl methyl sites for hydroxylation is 3. The fourth-order valence-corrected chi connectivity index (χ4v) is 5.23. The number of morpholine rings is 1. The fraction of sp³-hybridized carbons (Fsp3) is 0.600. The lowest BCUT2D eigenvalue weighted by Gasteiger charge is -2.34. The van der Waals surface area contributed by atoms with Crippen molar-refractivity contribution in [3.8, 4) is 0 Å². The first-order chi connectivity index (χ1) is 13.6. The van der Waals surface area contributed by atoms with Crippen LogP contribution < -0.4 is 10.6 Å². The summed E-state index contributed by atoms with van der Waals surface area (Å²) in [6.45, 7) is 11.6. The van der Waals surface area contributed by atoms with Crippen LogP contribution in [0, 0.1) is 20.8 Å². The van der Waals surface area contributed by atoms with E-state index >= 15 is 0 Å². The zero-order chi connectivity index (χ0) is 19.9. The van der Waals surface area contributed by atoms with Crippen LogP contribution in [0.3, 0.4) is 0 Å². The predicted molar refractivity (Wildman–Crippen MR) is 134 cm³/mol. The first kappa shape index (κ1) is 24.5. The summed E-state index contributed by atoms with van der Waals surface area (Å²) in [4.78, 5) is 15.6. The van der Waals surface area contributed by atoms with Crippen LogP contribution in [0.15, 0.2) is 17.1 Å². The Bertz CT molecular complexity index is 766. The summed E-state index contributed by atoms with van der Waals surface area (Å²) < 4.78 is 5.54. The van der Waals surface area contributed by atoms with E-state index in [1.165, 1.54) is 19.6 Å². The molecule has 2 N–H and O–H groups in total. The zero-order valence-electron chi connectivity index (χ0n) is 17.7. The first-order valence-corrected chi connectivity index (χ1v) is 11.5. The van der Waals surface area contributed by atoms with E-state index in [-0.39, 0.29) is 24.0 Å². The van der Waals surface area contributed by atoms with Crippen molar-refractivity contribution >= 4 is 52.6 Å². The van der Waals surface area contributed by atoms with Crippen molar-refractivity contribution in [3.63, 3.8) is 0 Å². The molecule has 1 saturated heterocycles. The molecule has 0 aliphatic carbocycles. The lowest BCUT2D eigenvalue weighted by molar-refractivity contribution is 0.0177. The Labute approximate surface area is 199 Å². The minimum absolute atomic E-state index is 0. The van der Waals surface area contributed by atoms with Gasteiger partial charge in [-0.05, 0) is 32.9 Å². The fourth-order valence-electron chi connectivity index (χ4n) is 3.28. The van der Waals surface area contributed by atoms with Gasteiger partial charge in [-0.25, -0.2) is 4.98 Å². The highest BCUT2D eigenvalue weighted by Gasteiger charge is 2.24. The Balaban J connectivity index is 0.00000300. The van der Waals surface area contributed by atoms with Gasteiger partial charge in [0, 0.05) is 54.3 Å². The number of aliphatic imine (C=N–C) groups is 1. The van der Waals surface area contributed by atoms with E-state index in [2.05, 4.69) is 58.4 Å². The second kappa shape index (κ2) is 12.2. The molecule has 0 bridgehead atoms. The molecule has 0 amide bonds. The van der Waals surface area contributed by atoms with Crippen molar-refractivity contribution in [1.29, 1.82) is 0 Å². The van der Waals surface area contributed by atoms with Gasteiger partial charge in [0.05, 0.1) is 30.0 Å². The van der Waals surface area contributed by atoms with E-state index < -0.39 is 0 Å². The predicted octanol–water partition coefficient (Wildman–Crippen LogP) is 3.53. The highest BCUT2D eigenvalue weighted by atomic mass is 127. The van der Waals surface area contributed by atoms with Gasteiger partial charge in [-0.15, -0.1) is 46.7 Å². The Morgan fingerprint density at radius 2 is 1.97 bits per heavy atom. The van der Waals surface area contributed by atoms with Gasteiger partial charge in [0.25, 0.3) is 0 Å². The number of aromatic nitrogens is 1. The molecule has 9 heteroatoms. The molecule has 1 aliphatic heterocycles. The van der Waals surface area contributed by atoms with Crippen LogP contribution in [-0.4, -0.2) is 62.3 Å². The highest BCUT2D eigenvalue weighted by Crippen LogP contribution is 2.27. The number of thiazole rings is 1. The maximum Gasteiger partial charge on any atom is 0.191 e. The van der Waals surface area contributed by atoms with Crippen molar-refractivity contribution in [1.82, 2.24) is 20.5 Å². The Morgan fingerprint density at radius 3 is 2.55 bits per heavy atom. The molecule has 0 saturated carbocycles. The molecule has 1 aliphatic rings. The summed E-state index contributed by atoms with van der Waals surface area (Å²) in [5, 5.41) is 8.13. The van der Waals surface area contributed by atoms with Crippen LogP contribution in [0.4, 0.5) is 0 Å². The van der Waals surface area contributed by atoms with Gasteiger partial charge in [-0.1, -0.05) is 0 Å². The van der Waals surface area contributed by atoms with Crippen LogP contribution in [0.1, 0.15) is 31.4 Å². The van der Waals surface area contributed by atoms with Gasteiger partial charge < -0.3 is 15.4 Å². The lowest BCUT2D eigenvalue weighted by atomic mass is 10.2. The summed E-state index contributed by atoms with van der Waals surface area (Å²) in [6.07, 6.45) is 0.914. The zero-order valence-corrected chi connectivity index (χ0v) is 21.6. The SMILES string of the molecule is CN=C(NCCc1nc(C)c(C)s1)NCC(c1ccc(C)s1)N1CCOCC1.I. The molecule has 6 nitrogen and oxygen atoms in total. The number of rotatable bonds is 7. The molecular formula is C20H32IN5OS2. The van der Waals surface area contributed by atoms with Crippen molar-refractivity contribution < 1.29 is 4.74 Å². The third-order valence-electron chi connectivity index (χ3n) is 4.97. The summed E-state index contributed by atoms with van der Waals surface area (Å²) in [5.41, 5.74) is 1.14. The van der Waals surface area contributed by atoms with Gasteiger partial charge in [0.1, 0.15) is 0 Å². The molecule has 29 heavy (non-hydrogen) atoms. The average Bonchev–Trinajstić information content (AvgIpc) is 3.26. The average molecular weight is 550 g/mol. The van der Waals surface area contributed by atoms with Gasteiger partial charge in [-0.2, -0.15) is 0 Å². The third-order valence-corrected chi connectivity index (χ3v) is 7.20. The van der Waals surface area contributed by atoms with Crippen LogP contribution in [0.5, 0.6) is 0 Å². The van der Waals surface area contributed by atoms with Crippen molar-refractivity contribution in [2.75, 3.05) is 46.4 Å². The topological polar surface area (TPSA) is 61.8 Å². The van der Waals surface area contributed by atoms with Gasteiger partial charge >= 0.3 is 0 Å². The molecule has 0 spiro atoms. The van der Waals surface area contributed by atoms with Crippen LogP contribution >= 0.6 is 46.7 Å². The number of thiophene rings is 1. The van der Waals surface area contributed by atoms with Crippen molar-refractivity contribution in [3.05, 3.63) is 37.5 Å². The van der Waals surface area contributed by atoms with Gasteiger partial charge in [-0.3, -0.25) is 9.89 Å². The van der Waals surface area contributed by atoms with E-state index in [4.69, 9.17) is 4.74 Å². The van der Waals surface area contributed by atoms with Crippen molar-refractivity contribution in [2.24, 2.45) is 4.99 Å². The van der Waals surface area contributed by atoms with E-state index in [1.54, 1.807) is 11.3 Å². The molecule has 1 unspecified atom stereocenters. The number of halogens is 1. The van der Waals surface area contributed by atoms with E-state index in [0.717, 1.165) is 57.5 Å². The van der Waals surface area contributed by atoms with E-state index in [0.29, 0.717) is 6.04 Å². The number of hydrogen-bond donors (Lipinski definition) is 2. The third kappa shape index (κ3) is 7.16. The molecule has 1 atom stereocenters. The second-order valence-electron chi connectivity index (χ2n) is 6.99. The Kier molecular flexibility index (Phi) is 10.3. The van der Waals surface area contributed by atoms with Crippen molar-refractivity contribution in [2.45, 2.75) is 33.2 Å². The summed E-state index contributed by atoms with van der Waals surface area (Å²) in [5.74, 6) is 0.844. The molecule has 3 rings (SSSR count). The number of guanidine groups is 1. The minimum atomic E-state index is 0. The normalized spacial score (nSPS) is 16.3. The molecule has 2 aromatic rings. The van der Waals surface area contributed by atoms with E-state index in [9.17, 15) is 0 Å². The summed E-state index contributed by atoms with van der Waals surface area (Å²) >= 11 is 3.66. The van der Waals surface area contributed by atoms with Crippen LogP contribution in [0.25, 0.3) is 0 Å². The number of ether oxygens (including phenoxy) is 1. The van der Waals surface area contributed by atoms with Gasteiger partial charge in [0.15, 0.2) is 5.96 Å². The van der Waals surface area contributed by atoms with E-state index in [1.807, 2.05) is 18.4 Å². The molecule has 2 aromatic heterocycles. The standard InChI is InChI=1S/C20H31N5OS2.HI/c1-14-5-6-18(27-14)17(25-9-11-26-12-10-25)13-23-20(21-4)22-8-7-19-24-15(2)16(3)28-19;/h5-6,17H,7-13H2,1-4H3,(H2,21,22,23);1H. The maximum atomic E-state index is 5.54.